The maximum absolute atomic E-state index is 9.48. The van der Waals surface area contributed by atoms with Gasteiger partial charge < -0.3 is 0 Å². The van der Waals surface area contributed by atoms with Gasteiger partial charge in [-0.15, -0.1) is 0 Å². The van der Waals surface area contributed by atoms with Gasteiger partial charge in [-0.3, -0.25) is 4.98 Å². The summed E-state index contributed by atoms with van der Waals surface area (Å²) in [4.78, 5) is 9.34. The van der Waals surface area contributed by atoms with Gasteiger partial charge in [0.1, 0.15) is 16.8 Å². The number of benzene rings is 1. The lowest BCUT2D eigenvalue weighted by Crippen LogP contribution is -1.91. The third kappa shape index (κ3) is 1.96. The minimum Gasteiger partial charge on any atom is -0.264 e. The first kappa shape index (κ1) is 12.7. The van der Waals surface area contributed by atoms with Crippen LogP contribution in [0.3, 0.4) is 0 Å². The summed E-state index contributed by atoms with van der Waals surface area (Å²) in [5, 5.41) is 14.9. The number of nitriles is 1. The first-order valence-corrected chi connectivity index (χ1v) is 7.44. The van der Waals surface area contributed by atoms with E-state index in [-0.39, 0.29) is 0 Å². The Morgan fingerprint density at radius 3 is 2.59 bits per heavy atom. The van der Waals surface area contributed by atoms with E-state index in [1.165, 1.54) is 11.3 Å². The summed E-state index contributed by atoms with van der Waals surface area (Å²) in [6.07, 6.45) is 3.39. The maximum atomic E-state index is 9.48. The molecule has 3 heterocycles. The Labute approximate surface area is 130 Å². The van der Waals surface area contributed by atoms with E-state index in [0.29, 0.717) is 16.3 Å². The van der Waals surface area contributed by atoms with E-state index in [2.05, 4.69) is 21.1 Å². The molecule has 0 aliphatic carbocycles. The standard InChI is InChI=1S/C16H9N5S/c17-9-13-14(12-7-4-8-18-10-12)19-16-21(13)20-15(22-16)11-5-2-1-3-6-11/h1-8,10H. The van der Waals surface area contributed by atoms with E-state index in [9.17, 15) is 5.26 Å². The van der Waals surface area contributed by atoms with Crippen molar-refractivity contribution < 1.29 is 0 Å². The summed E-state index contributed by atoms with van der Waals surface area (Å²) >= 11 is 1.46. The molecule has 4 rings (SSSR count). The van der Waals surface area contributed by atoms with Gasteiger partial charge in [-0.1, -0.05) is 41.7 Å². The van der Waals surface area contributed by atoms with Crippen LogP contribution in [-0.4, -0.2) is 19.6 Å². The summed E-state index contributed by atoms with van der Waals surface area (Å²) in [5.41, 5.74) is 2.89. The number of hydrogen-bond donors (Lipinski definition) is 0. The van der Waals surface area contributed by atoms with Crippen LogP contribution >= 0.6 is 11.3 Å². The molecule has 0 N–H and O–H groups in total. The molecule has 0 aliphatic rings. The van der Waals surface area contributed by atoms with Crippen molar-refractivity contribution in [2.45, 2.75) is 0 Å². The smallest absolute Gasteiger partial charge is 0.214 e. The molecule has 0 saturated heterocycles. The van der Waals surface area contributed by atoms with Crippen molar-refractivity contribution in [1.29, 1.82) is 5.26 Å². The normalized spacial score (nSPS) is 10.7. The third-order valence-electron chi connectivity index (χ3n) is 3.27. The van der Waals surface area contributed by atoms with Gasteiger partial charge >= 0.3 is 0 Å². The summed E-state index contributed by atoms with van der Waals surface area (Å²) in [6, 6.07) is 15.8. The Balaban J connectivity index is 1.90. The Morgan fingerprint density at radius 1 is 1.05 bits per heavy atom. The van der Waals surface area contributed by atoms with Crippen molar-refractivity contribution in [3.63, 3.8) is 0 Å². The monoisotopic (exact) mass is 303 g/mol. The van der Waals surface area contributed by atoms with Crippen LogP contribution in [-0.2, 0) is 0 Å². The molecule has 0 atom stereocenters. The lowest BCUT2D eigenvalue weighted by Gasteiger charge is -1.96. The minimum atomic E-state index is 0.432. The molecule has 0 amide bonds. The van der Waals surface area contributed by atoms with Crippen LogP contribution in [0, 0.1) is 11.3 Å². The van der Waals surface area contributed by atoms with Crippen molar-refractivity contribution in [2.24, 2.45) is 0 Å². The second-order valence-electron chi connectivity index (χ2n) is 4.63. The molecule has 0 spiro atoms. The van der Waals surface area contributed by atoms with Crippen LogP contribution < -0.4 is 0 Å². The average Bonchev–Trinajstić information content (AvgIpc) is 3.14. The molecule has 0 radical (unpaired) electrons. The molecule has 104 valence electrons. The van der Waals surface area contributed by atoms with E-state index in [1.807, 2.05) is 42.5 Å². The van der Waals surface area contributed by atoms with E-state index >= 15 is 0 Å². The Hall–Kier alpha value is -3.04. The molecule has 0 aliphatic heterocycles. The van der Waals surface area contributed by atoms with Gasteiger partial charge in [0.15, 0.2) is 5.69 Å². The molecule has 0 saturated carbocycles. The number of nitrogens with zero attached hydrogens (tertiary/aromatic N) is 5. The van der Waals surface area contributed by atoms with Crippen LogP contribution in [0.2, 0.25) is 0 Å². The van der Waals surface area contributed by atoms with Crippen LogP contribution in [0.25, 0.3) is 26.8 Å². The molecule has 0 unspecified atom stereocenters. The van der Waals surface area contributed by atoms with Crippen LogP contribution in [0.5, 0.6) is 0 Å². The molecule has 3 aromatic heterocycles. The SMILES string of the molecule is N#Cc1c(-c2cccnc2)nc2sc(-c3ccccc3)nn12. The Morgan fingerprint density at radius 2 is 1.86 bits per heavy atom. The summed E-state index contributed by atoms with van der Waals surface area (Å²) in [7, 11) is 0. The molecular weight excluding hydrogens is 294 g/mol. The van der Waals surface area contributed by atoms with Crippen LogP contribution in [0.1, 0.15) is 5.69 Å². The molecule has 0 bridgehead atoms. The summed E-state index contributed by atoms with van der Waals surface area (Å²) < 4.78 is 1.61. The summed E-state index contributed by atoms with van der Waals surface area (Å²) in [5.74, 6) is 0. The molecule has 1 aromatic carbocycles. The molecule has 0 fully saturated rings. The van der Waals surface area contributed by atoms with Gasteiger partial charge in [-0.05, 0) is 12.1 Å². The lowest BCUT2D eigenvalue weighted by molar-refractivity contribution is 0.960. The van der Waals surface area contributed by atoms with E-state index in [1.54, 1.807) is 16.9 Å². The summed E-state index contributed by atoms with van der Waals surface area (Å²) in [6.45, 7) is 0. The van der Waals surface area contributed by atoms with Gasteiger partial charge in [-0.25, -0.2) is 4.98 Å². The number of aromatic nitrogens is 4. The number of pyridine rings is 1. The van der Waals surface area contributed by atoms with Crippen molar-refractivity contribution in [3.05, 3.63) is 60.6 Å². The lowest BCUT2D eigenvalue weighted by atomic mass is 10.2. The van der Waals surface area contributed by atoms with Gasteiger partial charge in [-0.2, -0.15) is 14.9 Å². The van der Waals surface area contributed by atoms with Crippen molar-refractivity contribution in [3.8, 4) is 27.9 Å². The fourth-order valence-corrected chi connectivity index (χ4v) is 3.16. The zero-order chi connectivity index (χ0) is 14.9. The molecular formula is C16H9N5S. The first-order chi connectivity index (χ1) is 10.9. The predicted molar refractivity (Wildman–Crippen MR) is 84.2 cm³/mol. The maximum Gasteiger partial charge on any atom is 0.214 e. The third-order valence-corrected chi connectivity index (χ3v) is 4.22. The average molecular weight is 303 g/mol. The minimum absolute atomic E-state index is 0.432. The molecule has 22 heavy (non-hydrogen) atoms. The van der Waals surface area contributed by atoms with E-state index in [0.717, 1.165) is 16.1 Å². The second-order valence-corrected chi connectivity index (χ2v) is 5.59. The number of imidazole rings is 1. The second kappa shape index (κ2) is 5.06. The number of rotatable bonds is 2. The zero-order valence-electron chi connectivity index (χ0n) is 11.3. The van der Waals surface area contributed by atoms with Gasteiger partial charge in [0, 0.05) is 23.5 Å². The highest BCUT2D eigenvalue weighted by atomic mass is 32.1. The molecule has 5 nitrogen and oxygen atoms in total. The van der Waals surface area contributed by atoms with Crippen molar-refractivity contribution in [1.82, 2.24) is 19.6 Å². The van der Waals surface area contributed by atoms with Crippen molar-refractivity contribution in [2.75, 3.05) is 0 Å². The highest BCUT2D eigenvalue weighted by Crippen LogP contribution is 2.30. The van der Waals surface area contributed by atoms with Crippen molar-refractivity contribution >= 4 is 16.3 Å². The quantitative estimate of drug-likeness (QED) is 0.569. The fourth-order valence-electron chi connectivity index (χ4n) is 2.25. The van der Waals surface area contributed by atoms with E-state index < -0.39 is 0 Å². The fraction of sp³-hybridized carbons (Fsp3) is 0. The topological polar surface area (TPSA) is 66.9 Å². The molecule has 4 aromatic rings. The largest absolute Gasteiger partial charge is 0.264 e. The number of fused-ring (bicyclic) bond motifs is 1. The van der Waals surface area contributed by atoms with Crippen LogP contribution in [0.4, 0.5) is 0 Å². The van der Waals surface area contributed by atoms with Gasteiger partial charge in [0.25, 0.3) is 0 Å². The highest BCUT2D eigenvalue weighted by molar-refractivity contribution is 7.19. The van der Waals surface area contributed by atoms with Crippen LogP contribution in [0.15, 0.2) is 54.9 Å². The highest BCUT2D eigenvalue weighted by Gasteiger charge is 2.18. The molecule has 6 heteroatoms. The van der Waals surface area contributed by atoms with Gasteiger partial charge in [0.2, 0.25) is 4.96 Å². The predicted octanol–water partition coefficient (Wildman–Crippen LogP) is 3.39. The number of hydrogen-bond acceptors (Lipinski definition) is 5. The Bertz CT molecular complexity index is 980. The zero-order valence-corrected chi connectivity index (χ0v) is 12.2. The Kier molecular flexibility index (Phi) is 2.92. The van der Waals surface area contributed by atoms with Gasteiger partial charge in [0.05, 0.1) is 0 Å². The van der Waals surface area contributed by atoms with E-state index in [4.69, 9.17) is 0 Å². The first-order valence-electron chi connectivity index (χ1n) is 6.62.